The van der Waals surface area contributed by atoms with Gasteiger partial charge in [0.05, 0.1) is 6.20 Å². The average Bonchev–Trinajstić information content (AvgIpc) is 3.23. The molecule has 7 nitrogen and oxygen atoms in total. The standard InChI is InChI=1S/C14H11FN6OS/c1-8-16-7-11-21(8)20-13(23-11)12-18-19-14(22-12)17-6-9-3-2-4-10(15)5-9/h2-5,7H,6H2,1H3,(H,17,19). The zero-order valence-electron chi connectivity index (χ0n) is 12.0. The number of aromatic nitrogens is 5. The molecule has 4 rings (SSSR count). The molecule has 0 spiro atoms. The van der Waals surface area contributed by atoms with Crippen LogP contribution in [0.3, 0.4) is 0 Å². The summed E-state index contributed by atoms with van der Waals surface area (Å²) in [5.74, 6) is 0.851. The Labute approximate surface area is 133 Å². The Bertz CT molecular complexity index is 975. The minimum absolute atomic E-state index is 0.263. The molecule has 23 heavy (non-hydrogen) atoms. The third-order valence-electron chi connectivity index (χ3n) is 3.21. The lowest BCUT2D eigenvalue weighted by Gasteiger charge is -2.01. The highest BCUT2D eigenvalue weighted by molar-refractivity contribution is 7.20. The van der Waals surface area contributed by atoms with Gasteiger partial charge in [-0.05, 0) is 24.6 Å². The van der Waals surface area contributed by atoms with E-state index in [2.05, 4.69) is 25.6 Å². The third-order valence-corrected chi connectivity index (χ3v) is 4.15. The minimum Gasteiger partial charge on any atom is -0.401 e. The maximum absolute atomic E-state index is 13.1. The summed E-state index contributed by atoms with van der Waals surface area (Å²) >= 11 is 1.42. The van der Waals surface area contributed by atoms with E-state index >= 15 is 0 Å². The van der Waals surface area contributed by atoms with Crippen molar-refractivity contribution in [2.45, 2.75) is 13.5 Å². The molecule has 0 atom stereocenters. The number of fused-ring (bicyclic) bond motifs is 1. The van der Waals surface area contributed by atoms with E-state index in [4.69, 9.17) is 4.42 Å². The van der Waals surface area contributed by atoms with Crippen LogP contribution in [0.1, 0.15) is 11.4 Å². The van der Waals surface area contributed by atoms with E-state index in [0.29, 0.717) is 17.4 Å². The molecule has 1 aromatic carbocycles. The number of halogens is 1. The molecule has 0 radical (unpaired) electrons. The van der Waals surface area contributed by atoms with Gasteiger partial charge < -0.3 is 9.73 Å². The maximum atomic E-state index is 13.1. The van der Waals surface area contributed by atoms with Crippen LogP contribution in [0.25, 0.3) is 15.7 Å². The highest BCUT2D eigenvalue weighted by Crippen LogP contribution is 2.26. The molecular weight excluding hydrogens is 319 g/mol. The molecule has 0 aliphatic carbocycles. The van der Waals surface area contributed by atoms with Gasteiger partial charge in [0, 0.05) is 6.54 Å². The van der Waals surface area contributed by atoms with Gasteiger partial charge in [-0.25, -0.2) is 13.9 Å². The van der Waals surface area contributed by atoms with Crippen molar-refractivity contribution in [3.05, 3.63) is 47.7 Å². The first-order valence-corrected chi connectivity index (χ1v) is 7.64. The van der Waals surface area contributed by atoms with Crippen molar-refractivity contribution in [3.8, 4) is 10.9 Å². The molecule has 0 aliphatic heterocycles. The van der Waals surface area contributed by atoms with E-state index in [1.165, 1.54) is 23.5 Å². The number of anilines is 1. The quantitative estimate of drug-likeness (QED) is 0.620. The Kier molecular flexibility index (Phi) is 3.27. The average molecular weight is 330 g/mol. The van der Waals surface area contributed by atoms with Crippen LogP contribution in [-0.2, 0) is 6.54 Å². The summed E-state index contributed by atoms with van der Waals surface area (Å²) in [4.78, 5) is 5.07. The summed E-state index contributed by atoms with van der Waals surface area (Å²) in [7, 11) is 0. The number of benzene rings is 1. The predicted molar refractivity (Wildman–Crippen MR) is 82.6 cm³/mol. The normalized spacial score (nSPS) is 11.2. The third kappa shape index (κ3) is 2.66. The number of nitrogens with zero attached hydrogens (tertiary/aromatic N) is 5. The van der Waals surface area contributed by atoms with Crippen LogP contribution in [0.15, 0.2) is 34.9 Å². The number of aryl methyl sites for hydroxylation is 1. The van der Waals surface area contributed by atoms with Crippen molar-refractivity contribution in [2.24, 2.45) is 0 Å². The van der Waals surface area contributed by atoms with Crippen LogP contribution < -0.4 is 5.32 Å². The second-order valence-corrected chi connectivity index (χ2v) is 5.87. The van der Waals surface area contributed by atoms with E-state index in [0.717, 1.165) is 16.2 Å². The Morgan fingerprint density at radius 2 is 2.26 bits per heavy atom. The fourth-order valence-corrected chi connectivity index (χ4v) is 2.97. The van der Waals surface area contributed by atoms with Crippen LogP contribution in [0.4, 0.5) is 10.4 Å². The lowest BCUT2D eigenvalue weighted by atomic mass is 10.2. The van der Waals surface area contributed by atoms with Gasteiger partial charge in [-0.15, -0.1) is 10.2 Å². The summed E-state index contributed by atoms with van der Waals surface area (Å²) in [6, 6.07) is 6.58. The van der Waals surface area contributed by atoms with Crippen molar-refractivity contribution in [3.63, 3.8) is 0 Å². The maximum Gasteiger partial charge on any atom is 0.316 e. The van der Waals surface area contributed by atoms with E-state index in [9.17, 15) is 4.39 Å². The van der Waals surface area contributed by atoms with Crippen LogP contribution in [0.2, 0.25) is 0 Å². The molecule has 0 amide bonds. The zero-order chi connectivity index (χ0) is 15.8. The number of imidazole rings is 1. The molecular formula is C14H11FN6OS. The summed E-state index contributed by atoms with van der Waals surface area (Å²) in [5.41, 5.74) is 0.787. The van der Waals surface area contributed by atoms with Crippen LogP contribution in [0.5, 0.6) is 0 Å². The molecule has 0 fully saturated rings. The number of hydrogen-bond donors (Lipinski definition) is 1. The topological polar surface area (TPSA) is 81.1 Å². The fraction of sp³-hybridized carbons (Fsp3) is 0.143. The van der Waals surface area contributed by atoms with E-state index in [1.807, 2.05) is 13.0 Å². The largest absolute Gasteiger partial charge is 0.401 e. The first kappa shape index (κ1) is 13.8. The monoisotopic (exact) mass is 330 g/mol. The van der Waals surface area contributed by atoms with Gasteiger partial charge in [-0.3, -0.25) is 0 Å². The van der Waals surface area contributed by atoms with E-state index in [1.54, 1.807) is 16.8 Å². The lowest BCUT2D eigenvalue weighted by molar-refractivity contribution is 0.578. The molecule has 9 heteroatoms. The molecule has 0 saturated heterocycles. The first-order valence-electron chi connectivity index (χ1n) is 6.82. The molecule has 3 heterocycles. The molecule has 0 aliphatic rings. The number of rotatable bonds is 4. The Hall–Kier alpha value is -2.81. The van der Waals surface area contributed by atoms with Crippen molar-refractivity contribution in [1.29, 1.82) is 0 Å². The molecule has 0 unspecified atom stereocenters. The predicted octanol–water partition coefficient (Wildman–Crippen LogP) is 2.90. The van der Waals surface area contributed by atoms with Crippen molar-refractivity contribution >= 4 is 22.2 Å². The highest BCUT2D eigenvalue weighted by Gasteiger charge is 2.15. The number of nitrogens with one attached hydrogen (secondary N) is 1. The SMILES string of the molecule is Cc1ncc2sc(-c3nnc(NCc4cccc(F)c4)o3)nn12. The van der Waals surface area contributed by atoms with Crippen molar-refractivity contribution < 1.29 is 8.81 Å². The first-order chi connectivity index (χ1) is 11.2. The van der Waals surface area contributed by atoms with E-state index in [-0.39, 0.29) is 11.8 Å². The second kappa shape index (κ2) is 5.43. The van der Waals surface area contributed by atoms with Gasteiger partial charge in [-0.2, -0.15) is 0 Å². The van der Waals surface area contributed by atoms with Gasteiger partial charge in [0.15, 0.2) is 0 Å². The van der Waals surface area contributed by atoms with Crippen molar-refractivity contribution in [1.82, 2.24) is 24.8 Å². The molecule has 116 valence electrons. The fourth-order valence-electron chi connectivity index (χ4n) is 2.11. The van der Waals surface area contributed by atoms with Gasteiger partial charge in [0.25, 0.3) is 5.89 Å². The van der Waals surface area contributed by atoms with Crippen LogP contribution in [0, 0.1) is 12.7 Å². The minimum atomic E-state index is -0.280. The van der Waals surface area contributed by atoms with Gasteiger partial charge >= 0.3 is 6.01 Å². The van der Waals surface area contributed by atoms with Crippen LogP contribution in [-0.4, -0.2) is 24.8 Å². The lowest BCUT2D eigenvalue weighted by Crippen LogP contribution is -1.99. The highest BCUT2D eigenvalue weighted by atomic mass is 32.1. The smallest absolute Gasteiger partial charge is 0.316 e. The summed E-state index contributed by atoms with van der Waals surface area (Å²) in [6.45, 7) is 2.26. The Balaban J connectivity index is 1.52. The zero-order valence-corrected chi connectivity index (χ0v) is 12.8. The molecule has 0 saturated carbocycles. The van der Waals surface area contributed by atoms with E-state index < -0.39 is 0 Å². The van der Waals surface area contributed by atoms with Gasteiger partial charge in [-0.1, -0.05) is 28.6 Å². The molecule has 3 aromatic heterocycles. The summed E-state index contributed by atoms with van der Waals surface area (Å²) in [5, 5.41) is 15.9. The molecule has 0 bridgehead atoms. The summed E-state index contributed by atoms with van der Waals surface area (Å²) in [6.07, 6.45) is 1.75. The Morgan fingerprint density at radius 1 is 1.35 bits per heavy atom. The van der Waals surface area contributed by atoms with Gasteiger partial charge in [0.2, 0.25) is 5.01 Å². The molecule has 4 aromatic rings. The molecule has 1 N–H and O–H groups in total. The number of hydrogen-bond acceptors (Lipinski definition) is 7. The second-order valence-electron chi connectivity index (χ2n) is 4.86. The van der Waals surface area contributed by atoms with Gasteiger partial charge in [0.1, 0.15) is 16.5 Å². The Morgan fingerprint density at radius 3 is 3.09 bits per heavy atom. The summed E-state index contributed by atoms with van der Waals surface area (Å²) < 4.78 is 20.4. The van der Waals surface area contributed by atoms with Crippen molar-refractivity contribution in [2.75, 3.05) is 5.32 Å². The van der Waals surface area contributed by atoms with Crippen LogP contribution >= 0.6 is 11.3 Å².